The van der Waals surface area contributed by atoms with Crippen molar-refractivity contribution in [1.29, 1.82) is 0 Å². The van der Waals surface area contributed by atoms with Crippen LogP contribution >= 0.6 is 0 Å². The number of H-pyrrole nitrogens is 1. The summed E-state index contributed by atoms with van der Waals surface area (Å²) in [6, 6.07) is 16.0. The molecule has 0 aliphatic heterocycles. The van der Waals surface area contributed by atoms with Gasteiger partial charge in [-0.25, -0.2) is 9.78 Å². The van der Waals surface area contributed by atoms with Crippen LogP contribution in [-0.2, 0) is 11.2 Å². The molecule has 1 aromatic heterocycles. The first-order valence-electron chi connectivity index (χ1n) is 8.96. The average Bonchev–Trinajstić information content (AvgIpc) is 3.32. The molecule has 1 atom stereocenters. The average molecular weight is 363 g/mol. The van der Waals surface area contributed by atoms with Crippen molar-refractivity contribution in [2.24, 2.45) is 0 Å². The van der Waals surface area contributed by atoms with Crippen LogP contribution in [0.3, 0.4) is 0 Å². The Morgan fingerprint density at radius 1 is 1.15 bits per heavy atom. The van der Waals surface area contributed by atoms with Crippen LogP contribution in [0.2, 0.25) is 0 Å². The molecule has 1 aliphatic rings. The van der Waals surface area contributed by atoms with Crippen molar-refractivity contribution in [2.45, 2.75) is 18.4 Å². The molecule has 0 spiro atoms. The molecule has 1 aliphatic carbocycles. The minimum Gasteiger partial charge on any atom is -0.449 e. The van der Waals surface area contributed by atoms with Gasteiger partial charge in [0.1, 0.15) is 6.61 Å². The van der Waals surface area contributed by atoms with E-state index in [4.69, 9.17) is 4.74 Å². The minimum atomic E-state index is -0.532. The Morgan fingerprint density at radius 2 is 1.81 bits per heavy atom. The van der Waals surface area contributed by atoms with Gasteiger partial charge in [-0.3, -0.25) is 0 Å². The van der Waals surface area contributed by atoms with Gasteiger partial charge in [0.25, 0.3) is 0 Å². The quantitative estimate of drug-likeness (QED) is 0.628. The first-order valence-corrected chi connectivity index (χ1v) is 8.96. The number of ether oxygens (including phenoxy) is 1. The molecule has 0 bridgehead atoms. The largest absolute Gasteiger partial charge is 0.449 e. The number of hydrogen-bond acceptors (Lipinski definition) is 4. The Bertz CT molecular complexity index is 878. The highest BCUT2D eigenvalue weighted by Crippen LogP contribution is 2.44. The fourth-order valence-electron chi connectivity index (χ4n) is 3.63. The number of rotatable bonds is 6. The molecule has 3 N–H and O–H groups in total. The fourth-order valence-corrected chi connectivity index (χ4v) is 3.63. The number of fused-ring (bicyclic) bond motifs is 3. The Labute approximate surface area is 157 Å². The summed E-state index contributed by atoms with van der Waals surface area (Å²) >= 11 is 0. The van der Waals surface area contributed by atoms with Crippen LogP contribution in [0.1, 0.15) is 22.7 Å². The number of nitrogens with one attached hydrogen (secondary N) is 2. The van der Waals surface area contributed by atoms with Crippen LogP contribution in [0.15, 0.2) is 61.1 Å². The number of imidazole rings is 1. The number of aliphatic hydroxyl groups excluding tert-OH is 1. The summed E-state index contributed by atoms with van der Waals surface area (Å²) in [6.07, 6.45) is 3.16. The van der Waals surface area contributed by atoms with Crippen LogP contribution in [0.4, 0.5) is 4.79 Å². The fraction of sp³-hybridized carbons (Fsp3) is 0.238. The van der Waals surface area contributed by atoms with E-state index in [-0.39, 0.29) is 19.1 Å². The molecule has 3 aromatic rings. The number of aliphatic hydroxyl groups is 1. The van der Waals surface area contributed by atoms with Crippen LogP contribution in [0.25, 0.3) is 11.1 Å². The molecule has 0 unspecified atom stereocenters. The molecule has 1 heterocycles. The zero-order chi connectivity index (χ0) is 18.6. The lowest BCUT2D eigenvalue weighted by Crippen LogP contribution is -2.40. The van der Waals surface area contributed by atoms with Crippen LogP contribution in [0, 0.1) is 0 Å². The van der Waals surface area contributed by atoms with E-state index in [1.807, 2.05) is 24.3 Å². The maximum absolute atomic E-state index is 12.3. The molecule has 6 heteroatoms. The molecule has 4 rings (SSSR count). The topological polar surface area (TPSA) is 87.2 Å². The van der Waals surface area contributed by atoms with Crippen molar-refractivity contribution < 1.29 is 14.6 Å². The zero-order valence-electron chi connectivity index (χ0n) is 14.8. The highest BCUT2D eigenvalue weighted by Gasteiger charge is 2.29. The van der Waals surface area contributed by atoms with E-state index < -0.39 is 12.1 Å². The Kier molecular flexibility index (Phi) is 4.89. The van der Waals surface area contributed by atoms with E-state index in [9.17, 15) is 9.90 Å². The smallest absolute Gasteiger partial charge is 0.407 e. The molecule has 0 fully saturated rings. The Morgan fingerprint density at radius 3 is 2.41 bits per heavy atom. The van der Waals surface area contributed by atoms with Crippen molar-refractivity contribution in [2.75, 3.05) is 13.2 Å². The summed E-state index contributed by atoms with van der Waals surface area (Å²) in [5, 5.41) is 12.2. The summed E-state index contributed by atoms with van der Waals surface area (Å²) in [6.45, 7) is 0.0747. The Balaban J connectivity index is 1.42. The number of alkyl carbamates (subject to hydrolysis) is 1. The highest BCUT2D eigenvalue weighted by molar-refractivity contribution is 5.79. The van der Waals surface area contributed by atoms with Gasteiger partial charge in [-0.15, -0.1) is 0 Å². The van der Waals surface area contributed by atoms with Gasteiger partial charge in [0.15, 0.2) is 0 Å². The second-order valence-corrected chi connectivity index (χ2v) is 6.63. The van der Waals surface area contributed by atoms with Crippen LogP contribution in [0.5, 0.6) is 0 Å². The molecule has 27 heavy (non-hydrogen) atoms. The number of benzene rings is 2. The molecule has 0 radical (unpaired) electrons. The normalized spacial score (nSPS) is 13.7. The van der Waals surface area contributed by atoms with E-state index in [1.54, 1.807) is 12.5 Å². The SMILES string of the molecule is O=C(N[C@H](CO)Cc1cnc[nH]1)OCC1c2ccccc2-c2ccccc21. The zero-order valence-corrected chi connectivity index (χ0v) is 14.8. The lowest BCUT2D eigenvalue weighted by molar-refractivity contribution is 0.132. The van der Waals surface area contributed by atoms with Gasteiger partial charge >= 0.3 is 6.09 Å². The van der Waals surface area contributed by atoms with Gasteiger partial charge in [0, 0.05) is 24.2 Å². The number of carbonyl (C=O) groups excluding carboxylic acids is 1. The van der Waals surface area contributed by atoms with Crippen molar-refractivity contribution in [1.82, 2.24) is 15.3 Å². The predicted octanol–water partition coefficient (Wildman–Crippen LogP) is 2.85. The highest BCUT2D eigenvalue weighted by atomic mass is 16.5. The molecule has 0 saturated heterocycles. The predicted molar refractivity (Wildman–Crippen MR) is 101 cm³/mol. The number of hydrogen-bond donors (Lipinski definition) is 3. The maximum atomic E-state index is 12.3. The lowest BCUT2D eigenvalue weighted by atomic mass is 9.98. The summed E-state index contributed by atoms with van der Waals surface area (Å²) < 4.78 is 5.50. The third-order valence-electron chi connectivity index (χ3n) is 4.91. The van der Waals surface area contributed by atoms with E-state index in [2.05, 4.69) is 39.6 Å². The second kappa shape index (κ2) is 7.63. The van der Waals surface area contributed by atoms with Gasteiger partial charge in [0.05, 0.1) is 19.0 Å². The minimum absolute atomic E-state index is 0.0170. The molecular weight excluding hydrogens is 342 g/mol. The standard InChI is InChI=1S/C21H21N3O3/c25-11-15(9-14-10-22-13-23-14)24-21(26)27-12-20-18-7-3-1-5-16(18)17-6-2-4-8-19(17)20/h1-8,10,13,15,20,25H,9,11-12H2,(H,22,23)(H,24,26)/t15-/m0/s1. The molecular formula is C21H21N3O3. The second-order valence-electron chi connectivity index (χ2n) is 6.63. The van der Waals surface area contributed by atoms with E-state index in [0.29, 0.717) is 6.42 Å². The maximum Gasteiger partial charge on any atom is 0.407 e. The van der Waals surface area contributed by atoms with E-state index in [1.165, 1.54) is 22.3 Å². The van der Waals surface area contributed by atoms with Gasteiger partial charge < -0.3 is 20.1 Å². The third kappa shape index (κ3) is 3.57. The molecule has 2 aromatic carbocycles. The monoisotopic (exact) mass is 363 g/mol. The number of nitrogens with zero attached hydrogens (tertiary/aromatic N) is 1. The van der Waals surface area contributed by atoms with Crippen molar-refractivity contribution in [3.8, 4) is 11.1 Å². The van der Waals surface area contributed by atoms with Gasteiger partial charge in [-0.1, -0.05) is 48.5 Å². The Hall–Kier alpha value is -3.12. The molecule has 6 nitrogen and oxygen atoms in total. The van der Waals surface area contributed by atoms with E-state index in [0.717, 1.165) is 5.69 Å². The van der Waals surface area contributed by atoms with Crippen LogP contribution < -0.4 is 5.32 Å². The summed E-state index contributed by atoms with van der Waals surface area (Å²) in [5.41, 5.74) is 5.56. The van der Waals surface area contributed by atoms with Crippen molar-refractivity contribution in [3.63, 3.8) is 0 Å². The summed E-state index contributed by atoms with van der Waals surface area (Å²) in [5.74, 6) is 0.0170. The number of carbonyl (C=O) groups is 1. The number of aromatic amines is 1. The van der Waals surface area contributed by atoms with Gasteiger partial charge in [0.2, 0.25) is 0 Å². The van der Waals surface area contributed by atoms with Gasteiger partial charge in [-0.2, -0.15) is 0 Å². The van der Waals surface area contributed by atoms with Crippen molar-refractivity contribution in [3.05, 3.63) is 77.9 Å². The molecule has 138 valence electrons. The summed E-state index contributed by atoms with van der Waals surface area (Å²) in [7, 11) is 0. The molecule has 1 amide bonds. The summed E-state index contributed by atoms with van der Waals surface area (Å²) in [4.78, 5) is 19.1. The lowest BCUT2D eigenvalue weighted by Gasteiger charge is -2.18. The molecule has 0 saturated carbocycles. The van der Waals surface area contributed by atoms with E-state index >= 15 is 0 Å². The number of aromatic nitrogens is 2. The third-order valence-corrected chi connectivity index (χ3v) is 4.91. The van der Waals surface area contributed by atoms with Crippen molar-refractivity contribution >= 4 is 6.09 Å². The van der Waals surface area contributed by atoms with Crippen LogP contribution in [-0.4, -0.2) is 40.4 Å². The first kappa shape index (κ1) is 17.3. The number of amides is 1. The van der Waals surface area contributed by atoms with Gasteiger partial charge in [-0.05, 0) is 22.3 Å². The first-order chi connectivity index (χ1) is 13.3.